The maximum Gasteiger partial charge on any atom is 0.200 e. The number of aromatic hydroxyl groups is 1. The van der Waals surface area contributed by atoms with E-state index in [4.69, 9.17) is 13.9 Å². The lowest BCUT2D eigenvalue weighted by Gasteiger charge is -2.11. The molecule has 3 aromatic rings. The number of benzene rings is 2. The van der Waals surface area contributed by atoms with Crippen LogP contribution in [0.1, 0.15) is 47.0 Å². The number of carbonyl (C=O) groups excluding carboxylic acids is 1. The number of fused-ring (bicyclic) bond motifs is 1. The van der Waals surface area contributed by atoms with Gasteiger partial charge in [-0.3, -0.25) is 4.79 Å². The summed E-state index contributed by atoms with van der Waals surface area (Å²) >= 11 is 0. The molecule has 0 amide bonds. The average Bonchev–Trinajstić information content (AvgIpc) is 3.41. The molecule has 0 fully saturated rings. The van der Waals surface area contributed by atoms with E-state index in [9.17, 15) is 14.3 Å². The van der Waals surface area contributed by atoms with Crippen LogP contribution in [0.3, 0.4) is 0 Å². The Morgan fingerprint density at radius 2 is 1.81 bits per heavy atom. The van der Waals surface area contributed by atoms with Crippen LogP contribution in [0.5, 0.6) is 17.2 Å². The van der Waals surface area contributed by atoms with E-state index in [1.807, 2.05) is 13.0 Å². The van der Waals surface area contributed by atoms with Gasteiger partial charge >= 0.3 is 0 Å². The fourth-order valence-electron chi connectivity index (χ4n) is 4.04. The van der Waals surface area contributed by atoms with Gasteiger partial charge in [0.1, 0.15) is 5.82 Å². The Labute approximate surface area is 185 Å². The number of Topliss-reactive ketones (excluding diaryl/α,β-unsaturated/α-hetero) is 1. The fraction of sp³-hybridized carbons (Fsp3) is 0.192. The summed E-state index contributed by atoms with van der Waals surface area (Å²) < 4.78 is 29.8. The first-order valence-corrected chi connectivity index (χ1v) is 10.2. The number of allylic oxidation sites excluding steroid dienone is 3. The number of hydrogen-bond acceptors (Lipinski definition) is 5. The van der Waals surface area contributed by atoms with Crippen molar-refractivity contribution in [3.63, 3.8) is 0 Å². The van der Waals surface area contributed by atoms with Crippen molar-refractivity contribution in [1.82, 2.24) is 0 Å². The molecule has 1 aliphatic rings. The summed E-state index contributed by atoms with van der Waals surface area (Å²) in [6, 6.07) is 11.4. The normalized spacial score (nSPS) is 14.1. The smallest absolute Gasteiger partial charge is 0.200 e. The van der Waals surface area contributed by atoms with Crippen molar-refractivity contribution >= 4 is 23.0 Å². The highest BCUT2D eigenvalue weighted by molar-refractivity contribution is 6.06. The Morgan fingerprint density at radius 3 is 2.44 bits per heavy atom. The van der Waals surface area contributed by atoms with Crippen molar-refractivity contribution in [2.45, 2.75) is 19.8 Å². The second-order valence-corrected chi connectivity index (χ2v) is 7.53. The zero-order valence-corrected chi connectivity index (χ0v) is 18.1. The molecule has 0 aliphatic heterocycles. The molecule has 0 radical (unpaired) electrons. The highest BCUT2D eigenvalue weighted by atomic mass is 19.1. The molecular weight excluding hydrogens is 411 g/mol. The van der Waals surface area contributed by atoms with Gasteiger partial charge in [-0.2, -0.15) is 0 Å². The standard InChI is InChI=1S/C26H23FO5/c1-15-18(8-9-22(28)23-5-4-10-32-23)21-14-17(27)6-7-19(21)20(15)11-16-12-24(30-2)26(29)25(13-16)31-3/h4-7,10-14,29H,8-9H2,1-3H3. The first kappa shape index (κ1) is 21.4. The number of methoxy groups -OCH3 is 2. The largest absolute Gasteiger partial charge is 0.502 e. The number of halogens is 1. The molecule has 0 atom stereocenters. The highest BCUT2D eigenvalue weighted by Gasteiger charge is 2.25. The van der Waals surface area contributed by atoms with E-state index in [-0.39, 0.29) is 23.8 Å². The molecular formula is C26H23FO5. The predicted molar refractivity (Wildman–Crippen MR) is 120 cm³/mol. The van der Waals surface area contributed by atoms with Crippen molar-refractivity contribution < 1.29 is 28.2 Å². The summed E-state index contributed by atoms with van der Waals surface area (Å²) in [5, 5.41) is 10.2. The SMILES string of the molecule is COc1cc(C=C2C(C)=C(CCC(=O)c3ccco3)c3cc(F)ccc32)cc(OC)c1O. The fourth-order valence-corrected chi connectivity index (χ4v) is 4.04. The van der Waals surface area contributed by atoms with Gasteiger partial charge in [-0.05, 0) is 89.2 Å². The number of ether oxygens (including phenoxy) is 2. The maximum atomic E-state index is 14.1. The van der Waals surface area contributed by atoms with Gasteiger partial charge in [0, 0.05) is 6.42 Å². The zero-order valence-electron chi connectivity index (χ0n) is 18.1. The minimum absolute atomic E-state index is 0.0737. The minimum atomic E-state index is -0.333. The van der Waals surface area contributed by atoms with Gasteiger partial charge in [0.2, 0.25) is 5.75 Å². The summed E-state index contributed by atoms with van der Waals surface area (Å²) in [4.78, 5) is 12.4. The Bertz CT molecular complexity index is 1210. The van der Waals surface area contributed by atoms with Gasteiger partial charge in [-0.25, -0.2) is 4.39 Å². The first-order chi connectivity index (χ1) is 15.4. The molecule has 0 unspecified atom stereocenters. The van der Waals surface area contributed by atoms with Gasteiger partial charge in [-0.1, -0.05) is 6.07 Å². The quantitative estimate of drug-likeness (QED) is 0.453. The van der Waals surface area contributed by atoms with Crippen LogP contribution in [0.25, 0.3) is 17.2 Å². The Kier molecular flexibility index (Phi) is 5.86. The second-order valence-electron chi connectivity index (χ2n) is 7.53. The van der Waals surface area contributed by atoms with Crippen LogP contribution >= 0.6 is 0 Å². The van der Waals surface area contributed by atoms with Gasteiger partial charge in [0.15, 0.2) is 23.0 Å². The van der Waals surface area contributed by atoms with Crippen molar-refractivity contribution in [1.29, 1.82) is 0 Å². The van der Waals surface area contributed by atoms with Gasteiger partial charge in [0.05, 0.1) is 20.5 Å². The van der Waals surface area contributed by atoms with E-state index in [1.54, 1.807) is 30.3 Å². The molecule has 1 N–H and O–H groups in total. The van der Waals surface area contributed by atoms with E-state index in [0.717, 1.165) is 33.4 Å². The van der Waals surface area contributed by atoms with E-state index in [2.05, 4.69) is 0 Å². The van der Waals surface area contributed by atoms with Crippen LogP contribution in [-0.4, -0.2) is 25.1 Å². The molecule has 32 heavy (non-hydrogen) atoms. The van der Waals surface area contributed by atoms with E-state index in [1.165, 1.54) is 32.6 Å². The lowest BCUT2D eigenvalue weighted by atomic mass is 9.99. The van der Waals surface area contributed by atoms with E-state index >= 15 is 0 Å². The van der Waals surface area contributed by atoms with E-state index < -0.39 is 0 Å². The lowest BCUT2D eigenvalue weighted by Crippen LogP contribution is -1.98. The minimum Gasteiger partial charge on any atom is -0.502 e. The summed E-state index contributed by atoms with van der Waals surface area (Å²) in [5.41, 5.74) is 5.21. The van der Waals surface area contributed by atoms with Gasteiger partial charge in [-0.15, -0.1) is 0 Å². The third-order valence-corrected chi connectivity index (χ3v) is 5.66. The van der Waals surface area contributed by atoms with Gasteiger partial charge < -0.3 is 19.0 Å². The van der Waals surface area contributed by atoms with Crippen LogP contribution in [0.4, 0.5) is 4.39 Å². The molecule has 4 rings (SSSR count). The number of ketones is 1. The molecule has 1 aliphatic carbocycles. The Balaban J connectivity index is 1.75. The van der Waals surface area contributed by atoms with E-state index in [0.29, 0.717) is 23.7 Å². The van der Waals surface area contributed by atoms with Crippen LogP contribution in [0, 0.1) is 5.82 Å². The Morgan fingerprint density at radius 1 is 1.09 bits per heavy atom. The van der Waals surface area contributed by atoms with Crippen LogP contribution < -0.4 is 9.47 Å². The summed E-state index contributed by atoms with van der Waals surface area (Å²) in [6.07, 6.45) is 4.13. The number of carbonyl (C=O) groups is 1. The monoisotopic (exact) mass is 434 g/mol. The molecule has 1 heterocycles. The zero-order chi connectivity index (χ0) is 22.8. The molecule has 6 heteroatoms. The summed E-state index contributed by atoms with van der Waals surface area (Å²) in [5.74, 6) is 0.397. The molecule has 164 valence electrons. The molecule has 0 bridgehead atoms. The molecule has 0 saturated heterocycles. The maximum absolute atomic E-state index is 14.1. The third-order valence-electron chi connectivity index (χ3n) is 5.66. The van der Waals surface area contributed by atoms with Crippen molar-refractivity contribution in [3.05, 3.63) is 82.6 Å². The summed E-state index contributed by atoms with van der Waals surface area (Å²) in [6.45, 7) is 1.96. The van der Waals surface area contributed by atoms with Crippen LogP contribution in [0.2, 0.25) is 0 Å². The Hall–Kier alpha value is -3.80. The second kappa shape index (κ2) is 8.75. The summed E-state index contributed by atoms with van der Waals surface area (Å²) in [7, 11) is 2.94. The van der Waals surface area contributed by atoms with Crippen LogP contribution in [-0.2, 0) is 0 Å². The van der Waals surface area contributed by atoms with Gasteiger partial charge in [0.25, 0.3) is 0 Å². The first-order valence-electron chi connectivity index (χ1n) is 10.2. The number of phenolic OH excluding ortho intramolecular Hbond substituents is 1. The molecule has 1 aromatic heterocycles. The predicted octanol–water partition coefficient (Wildman–Crippen LogP) is 6.13. The van der Waals surface area contributed by atoms with Crippen molar-refractivity contribution in [2.24, 2.45) is 0 Å². The average molecular weight is 434 g/mol. The number of rotatable bonds is 7. The molecule has 5 nitrogen and oxygen atoms in total. The van der Waals surface area contributed by atoms with Crippen molar-refractivity contribution in [3.8, 4) is 17.2 Å². The third kappa shape index (κ3) is 3.91. The van der Waals surface area contributed by atoms with Crippen molar-refractivity contribution in [2.75, 3.05) is 14.2 Å². The molecule has 0 spiro atoms. The molecule has 2 aromatic carbocycles. The highest BCUT2D eigenvalue weighted by Crippen LogP contribution is 2.45. The van der Waals surface area contributed by atoms with Crippen LogP contribution in [0.15, 0.2) is 58.7 Å². The number of phenols is 1. The topological polar surface area (TPSA) is 68.9 Å². The molecule has 0 saturated carbocycles. The number of furan rings is 1. The number of hydrogen-bond donors (Lipinski definition) is 1. The lowest BCUT2D eigenvalue weighted by molar-refractivity contribution is 0.0957.